The first-order chi connectivity index (χ1) is 18.3. The zero-order valence-electron chi connectivity index (χ0n) is 23.1. The maximum Gasteiger partial charge on any atom is 0.410 e. The van der Waals surface area contributed by atoms with Crippen LogP contribution in [0, 0.1) is 13.8 Å². The Hall–Kier alpha value is -3.17. The van der Waals surface area contributed by atoms with E-state index in [1.807, 2.05) is 46.8 Å². The Kier molecular flexibility index (Phi) is 8.23. The number of piperidine rings is 1. The molecule has 3 aromatic rings. The second-order valence-corrected chi connectivity index (χ2v) is 15.0. The van der Waals surface area contributed by atoms with Gasteiger partial charge in [0.15, 0.2) is 0 Å². The Balaban J connectivity index is 1.63. The fourth-order valence-corrected chi connectivity index (χ4v) is 8.38. The number of hydrogen-bond donors (Lipinski definition) is 0. The van der Waals surface area contributed by atoms with Gasteiger partial charge in [-0.2, -0.15) is 8.42 Å². The maximum atomic E-state index is 14.5. The summed E-state index contributed by atoms with van der Waals surface area (Å²) in [5.41, 5.74) is 2.40. The van der Waals surface area contributed by atoms with Gasteiger partial charge in [-0.1, -0.05) is 51.3 Å². The lowest BCUT2D eigenvalue weighted by molar-refractivity contribution is 0.0205. The molecule has 1 atom stereocenters. The lowest BCUT2D eigenvalue weighted by atomic mass is 9.90. The highest BCUT2D eigenvalue weighted by atomic mass is 32.3. The van der Waals surface area contributed by atoms with Gasteiger partial charge in [-0.15, -0.1) is 0 Å². The summed E-state index contributed by atoms with van der Waals surface area (Å²) >= 11 is 0. The number of hydrogen-bond acceptors (Lipinski definition) is 5. The number of carbonyl (C=O) groups is 1. The summed E-state index contributed by atoms with van der Waals surface area (Å²) in [6.45, 7) is 10.5. The van der Waals surface area contributed by atoms with Gasteiger partial charge in [0, 0.05) is 13.1 Å². The SMILES string of the molecule is Cc1ccc(S(=O)(=O)N=[S@@](=O)(c2ccc(C)cc2)c2ccc(C3CCN(C(=O)OC(C)(C)C)CC3)cc2)cc1. The van der Waals surface area contributed by atoms with Crippen LogP contribution in [0.15, 0.2) is 91.3 Å². The number of rotatable bonds is 5. The number of carbonyl (C=O) groups excluding carboxylic acids is 1. The number of aryl methyl sites for hydroxylation is 2. The van der Waals surface area contributed by atoms with Gasteiger partial charge in [-0.3, -0.25) is 0 Å². The Morgan fingerprint density at radius 2 is 1.21 bits per heavy atom. The number of likely N-dealkylation sites (tertiary alicyclic amines) is 1. The fourth-order valence-electron chi connectivity index (χ4n) is 4.48. The van der Waals surface area contributed by atoms with Gasteiger partial charge in [-0.05, 0) is 95.3 Å². The first-order valence-corrected chi connectivity index (χ1v) is 16.0. The molecular weight excluding hydrogens is 532 g/mol. The van der Waals surface area contributed by atoms with Crippen LogP contribution in [0.5, 0.6) is 0 Å². The zero-order chi connectivity index (χ0) is 28.4. The molecule has 3 aromatic carbocycles. The molecule has 1 aliphatic rings. The molecule has 1 saturated heterocycles. The van der Waals surface area contributed by atoms with E-state index < -0.39 is 25.4 Å². The van der Waals surface area contributed by atoms with Crippen LogP contribution < -0.4 is 0 Å². The van der Waals surface area contributed by atoms with Crippen molar-refractivity contribution < 1.29 is 22.2 Å². The zero-order valence-corrected chi connectivity index (χ0v) is 24.7. The van der Waals surface area contributed by atoms with E-state index in [-0.39, 0.29) is 16.9 Å². The predicted molar refractivity (Wildman–Crippen MR) is 153 cm³/mol. The van der Waals surface area contributed by atoms with E-state index in [4.69, 9.17) is 4.74 Å². The molecule has 1 fully saturated rings. The molecule has 0 N–H and O–H groups in total. The summed E-state index contributed by atoms with van der Waals surface area (Å²) in [5.74, 6) is 0.224. The Bertz CT molecular complexity index is 1540. The van der Waals surface area contributed by atoms with Crippen molar-refractivity contribution in [2.24, 2.45) is 3.77 Å². The molecule has 1 amide bonds. The summed E-state index contributed by atoms with van der Waals surface area (Å²) in [5, 5.41) is 0. The first-order valence-electron chi connectivity index (χ1n) is 13.0. The molecule has 0 saturated carbocycles. The monoisotopic (exact) mass is 568 g/mol. The highest BCUT2D eigenvalue weighted by Gasteiger charge is 2.28. The lowest BCUT2D eigenvalue weighted by Gasteiger charge is -2.33. The third-order valence-corrected chi connectivity index (χ3v) is 11.0. The molecule has 4 rings (SSSR count). The number of ether oxygens (including phenoxy) is 1. The van der Waals surface area contributed by atoms with E-state index in [0.29, 0.717) is 22.9 Å². The maximum absolute atomic E-state index is 14.5. The van der Waals surface area contributed by atoms with E-state index in [1.165, 1.54) is 12.1 Å². The molecule has 0 unspecified atom stereocenters. The van der Waals surface area contributed by atoms with Crippen molar-refractivity contribution in [1.82, 2.24) is 4.90 Å². The number of amides is 1. The number of sulfonamides is 1. The molecule has 0 aliphatic carbocycles. The van der Waals surface area contributed by atoms with Gasteiger partial charge in [-0.25, -0.2) is 9.00 Å². The summed E-state index contributed by atoms with van der Waals surface area (Å²) in [4.78, 5) is 14.8. The van der Waals surface area contributed by atoms with Crippen molar-refractivity contribution in [2.45, 2.75) is 73.7 Å². The molecule has 1 heterocycles. The lowest BCUT2D eigenvalue weighted by Crippen LogP contribution is -2.41. The summed E-state index contributed by atoms with van der Waals surface area (Å²) in [7, 11) is -7.70. The van der Waals surface area contributed by atoms with Crippen LogP contribution in [-0.2, 0) is 24.5 Å². The Morgan fingerprint density at radius 3 is 1.67 bits per heavy atom. The van der Waals surface area contributed by atoms with Gasteiger partial charge in [0.2, 0.25) is 0 Å². The van der Waals surface area contributed by atoms with Crippen LogP contribution in [-0.4, -0.2) is 42.3 Å². The predicted octanol–water partition coefficient (Wildman–Crippen LogP) is 6.69. The van der Waals surface area contributed by atoms with Gasteiger partial charge in [0.1, 0.15) is 15.3 Å². The molecule has 9 heteroatoms. The summed E-state index contributed by atoms with van der Waals surface area (Å²) < 4.78 is 50.6. The highest BCUT2D eigenvalue weighted by Crippen LogP contribution is 2.32. The van der Waals surface area contributed by atoms with E-state index >= 15 is 0 Å². The molecular formula is C30H36N2O5S2. The smallest absolute Gasteiger partial charge is 0.410 e. The van der Waals surface area contributed by atoms with Gasteiger partial charge in [0.25, 0.3) is 10.0 Å². The van der Waals surface area contributed by atoms with Crippen molar-refractivity contribution in [3.05, 3.63) is 89.5 Å². The molecule has 0 radical (unpaired) electrons. The van der Waals surface area contributed by atoms with Crippen molar-refractivity contribution in [1.29, 1.82) is 0 Å². The van der Waals surface area contributed by atoms with Gasteiger partial charge in [0.05, 0.1) is 14.7 Å². The molecule has 0 spiro atoms. The minimum Gasteiger partial charge on any atom is -0.444 e. The molecule has 208 valence electrons. The number of benzene rings is 3. The van der Waals surface area contributed by atoms with Crippen LogP contribution >= 0.6 is 0 Å². The van der Waals surface area contributed by atoms with Crippen LogP contribution in [0.4, 0.5) is 4.79 Å². The minimum atomic E-state index is -4.20. The number of nitrogens with zero attached hydrogens (tertiary/aromatic N) is 2. The standard InChI is InChI=1S/C30H36N2O5S2/c1-22-6-12-26(13-7-22)38(34,31-39(35,36)28-14-8-23(2)9-15-28)27-16-10-24(11-17-27)25-18-20-32(21-19-25)29(33)37-30(3,4)5/h6-17,25H,18-21H2,1-5H3/t38-/m1/s1. The topological polar surface area (TPSA) is 93.1 Å². The molecule has 0 aromatic heterocycles. The highest BCUT2D eigenvalue weighted by molar-refractivity contribution is 8.03. The van der Waals surface area contributed by atoms with Crippen LogP contribution in [0.1, 0.15) is 56.2 Å². The van der Waals surface area contributed by atoms with Crippen molar-refractivity contribution in [3.8, 4) is 0 Å². The van der Waals surface area contributed by atoms with E-state index in [9.17, 15) is 17.4 Å². The first kappa shape index (κ1) is 28.8. The second kappa shape index (κ2) is 11.1. The summed E-state index contributed by atoms with van der Waals surface area (Å²) in [6.07, 6.45) is 1.25. The minimum absolute atomic E-state index is 0.00121. The van der Waals surface area contributed by atoms with Gasteiger partial charge >= 0.3 is 6.09 Å². The normalized spacial score (nSPS) is 16.4. The van der Waals surface area contributed by atoms with Crippen LogP contribution in [0.2, 0.25) is 0 Å². The van der Waals surface area contributed by atoms with E-state index in [1.54, 1.807) is 53.4 Å². The third kappa shape index (κ3) is 6.89. The fraction of sp³-hybridized carbons (Fsp3) is 0.367. The van der Waals surface area contributed by atoms with Gasteiger partial charge < -0.3 is 9.64 Å². The largest absolute Gasteiger partial charge is 0.444 e. The quantitative estimate of drug-likeness (QED) is 0.342. The van der Waals surface area contributed by atoms with Crippen molar-refractivity contribution >= 4 is 25.8 Å². The van der Waals surface area contributed by atoms with Crippen molar-refractivity contribution in [3.63, 3.8) is 0 Å². The Morgan fingerprint density at radius 1 is 0.769 bits per heavy atom. The van der Waals surface area contributed by atoms with Crippen LogP contribution in [0.25, 0.3) is 0 Å². The van der Waals surface area contributed by atoms with E-state index in [0.717, 1.165) is 29.5 Å². The van der Waals surface area contributed by atoms with Crippen molar-refractivity contribution in [2.75, 3.05) is 13.1 Å². The second-order valence-electron chi connectivity index (χ2n) is 11.0. The average molecular weight is 569 g/mol. The summed E-state index contributed by atoms with van der Waals surface area (Å²) in [6, 6.07) is 20.5. The average Bonchev–Trinajstić information content (AvgIpc) is 2.88. The third-order valence-electron chi connectivity index (χ3n) is 6.68. The Labute approximate surface area is 232 Å². The molecule has 0 bridgehead atoms. The van der Waals surface area contributed by atoms with E-state index in [2.05, 4.69) is 3.77 Å². The molecule has 1 aliphatic heterocycles. The van der Waals surface area contributed by atoms with Crippen LogP contribution in [0.3, 0.4) is 0 Å². The molecule has 7 nitrogen and oxygen atoms in total. The molecule has 39 heavy (non-hydrogen) atoms.